The molecule has 0 aliphatic rings. The molecule has 0 radical (unpaired) electrons. The molecule has 0 fully saturated rings. The number of ether oxygens (including phenoxy) is 1. The van der Waals surface area contributed by atoms with Gasteiger partial charge in [-0.05, 0) is 55.7 Å². The standard InChI is InChI=1S/C22H25N3O3/c1-4-28-22(27)25-20(12-16-13-23-19-8-6-5-7-18(16)19)21(26)24-17-10-14(2)9-15(3)11-17/h5-11,13,20,23H,4,12H2,1-3H3,(H,24,26)(H,25,27). The molecule has 0 bridgehead atoms. The quantitative estimate of drug-likeness (QED) is 0.603. The summed E-state index contributed by atoms with van der Waals surface area (Å²) < 4.78 is 4.98. The van der Waals surface area contributed by atoms with Gasteiger partial charge in [0.1, 0.15) is 6.04 Å². The third-order valence-corrected chi connectivity index (χ3v) is 4.47. The van der Waals surface area contributed by atoms with Gasteiger partial charge in [-0.15, -0.1) is 0 Å². The molecule has 146 valence electrons. The highest BCUT2D eigenvalue weighted by atomic mass is 16.5. The summed E-state index contributed by atoms with van der Waals surface area (Å²) in [6, 6.07) is 12.9. The number of carbonyl (C=O) groups excluding carboxylic acids is 2. The molecule has 2 amide bonds. The lowest BCUT2D eigenvalue weighted by atomic mass is 10.0. The van der Waals surface area contributed by atoms with E-state index in [2.05, 4.69) is 15.6 Å². The number of aromatic nitrogens is 1. The highest BCUT2D eigenvalue weighted by molar-refractivity contribution is 5.97. The van der Waals surface area contributed by atoms with Crippen molar-refractivity contribution in [3.05, 3.63) is 65.4 Å². The number of fused-ring (bicyclic) bond motifs is 1. The highest BCUT2D eigenvalue weighted by Gasteiger charge is 2.23. The van der Waals surface area contributed by atoms with E-state index in [1.807, 2.05) is 62.5 Å². The van der Waals surface area contributed by atoms with Crippen LogP contribution in [0.15, 0.2) is 48.7 Å². The number of hydrogen-bond acceptors (Lipinski definition) is 3. The van der Waals surface area contributed by atoms with Crippen molar-refractivity contribution < 1.29 is 14.3 Å². The average Bonchev–Trinajstić information content (AvgIpc) is 3.03. The summed E-state index contributed by atoms with van der Waals surface area (Å²) in [5.41, 5.74) is 4.76. The molecule has 0 spiro atoms. The number of alkyl carbamates (subject to hydrolysis) is 1. The van der Waals surface area contributed by atoms with E-state index in [-0.39, 0.29) is 12.5 Å². The summed E-state index contributed by atoms with van der Waals surface area (Å²) in [6.45, 7) is 5.92. The molecule has 0 saturated carbocycles. The molecule has 2 aromatic carbocycles. The van der Waals surface area contributed by atoms with Crippen molar-refractivity contribution in [1.29, 1.82) is 0 Å². The molecular weight excluding hydrogens is 354 g/mol. The Morgan fingerprint density at radius 1 is 1.11 bits per heavy atom. The Hall–Kier alpha value is -3.28. The van der Waals surface area contributed by atoms with E-state index in [1.54, 1.807) is 6.92 Å². The molecule has 1 atom stereocenters. The molecule has 28 heavy (non-hydrogen) atoms. The fraction of sp³-hybridized carbons (Fsp3) is 0.273. The Labute approximate surface area is 164 Å². The monoisotopic (exact) mass is 379 g/mol. The third kappa shape index (κ3) is 4.71. The molecular formula is C22H25N3O3. The predicted molar refractivity (Wildman–Crippen MR) is 110 cm³/mol. The first-order valence-electron chi connectivity index (χ1n) is 9.33. The molecule has 3 rings (SSSR count). The zero-order chi connectivity index (χ0) is 20.1. The van der Waals surface area contributed by atoms with Crippen LogP contribution in [0.5, 0.6) is 0 Å². The molecule has 3 N–H and O–H groups in total. The van der Waals surface area contributed by atoms with Crippen LogP contribution in [0.4, 0.5) is 10.5 Å². The summed E-state index contributed by atoms with van der Waals surface area (Å²) in [5.74, 6) is -0.289. The molecule has 6 heteroatoms. The summed E-state index contributed by atoms with van der Waals surface area (Å²) in [4.78, 5) is 28.1. The topological polar surface area (TPSA) is 83.2 Å². The van der Waals surface area contributed by atoms with Gasteiger partial charge in [0.15, 0.2) is 0 Å². The van der Waals surface area contributed by atoms with Crippen molar-refractivity contribution >= 4 is 28.6 Å². The van der Waals surface area contributed by atoms with Crippen LogP contribution in [0.1, 0.15) is 23.6 Å². The van der Waals surface area contributed by atoms with Crippen molar-refractivity contribution in [3.63, 3.8) is 0 Å². The van der Waals surface area contributed by atoms with Crippen molar-refractivity contribution in [2.45, 2.75) is 33.2 Å². The number of hydrogen-bond donors (Lipinski definition) is 3. The predicted octanol–water partition coefficient (Wildman–Crippen LogP) is 4.08. The van der Waals surface area contributed by atoms with E-state index in [0.717, 1.165) is 27.6 Å². The van der Waals surface area contributed by atoms with Gasteiger partial charge in [0.25, 0.3) is 0 Å². The maximum absolute atomic E-state index is 12.9. The molecule has 0 aliphatic heterocycles. The minimum absolute atomic E-state index is 0.240. The highest BCUT2D eigenvalue weighted by Crippen LogP contribution is 2.20. The number of aromatic amines is 1. The lowest BCUT2D eigenvalue weighted by Gasteiger charge is -2.18. The largest absolute Gasteiger partial charge is 0.450 e. The van der Waals surface area contributed by atoms with E-state index in [4.69, 9.17) is 4.74 Å². The van der Waals surface area contributed by atoms with Crippen LogP contribution in [-0.4, -0.2) is 29.6 Å². The van der Waals surface area contributed by atoms with Gasteiger partial charge in [-0.25, -0.2) is 4.79 Å². The summed E-state index contributed by atoms with van der Waals surface area (Å²) in [6.07, 6.45) is 1.61. The van der Waals surface area contributed by atoms with Gasteiger partial charge in [0.2, 0.25) is 5.91 Å². The fourth-order valence-corrected chi connectivity index (χ4v) is 3.32. The normalized spacial score (nSPS) is 11.8. The van der Waals surface area contributed by atoms with Crippen molar-refractivity contribution in [3.8, 4) is 0 Å². The van der Waals surface area contributed by atoms with Gasteiger partial charge < -0.3 is 20.4 Å². The van der Waals surface area contributed by atoms with Crippen LogP contribution in [0.2, 0.25) is 0 Å². The van der Waals surface area contributed by atoms with Crippen molar-refractivity contribution in [2.75, 3.05) is 11.9 Å². The molecule has 1 aromatic heterocycles. The molecule has 0 saturated heterocycles. The van der Waals surface area contributed by atoms with E-state index >= 15 is 0 Å². The second kappa shape index (κ2) is 8.61. The minimum atomic E-state index is -0.765. The first kappa shape index (κ1) is 19.5. The number of aryl methyl sites for hydroxylation is 2. The zero-order valence-corrected chi connectivity index (χ0v) is 16.3. The SMILES string of the molecule is CCOC(=O)NC(Cc1c[nH]c2ccccc12)C(=O)Nc1cc(C)cc(C)c1. The van der Waals surface area contributed by atoms with Crippen LogP contribution in [0.25, 0.3) is 10.9 Å². The molecule has 0 aliphatic carbocycles. The van der Waals surface area contributed by atoms with Crippen LogP contribution < -0.4 is 10.6 Å². The van der Waals surface area contributed by atoms with Gasteiger partial charge in [0, 0.05) is 29.2 Å². The van der Waals surface area contributed by atoms with Crippen LogP contribution in [0, 0.1) is 13.8 Å². The van der Waals surface area contributed by atoms with Gasteiger partial charge in [-0.1, -0.05) is 24.3 Å². The number of rotatable bonds is 6. The Kier molecular flexibility index (Phi) is 5.99. The Bertz CT molecular complexity index is 973. The molecule has 1 heterocycles. The molecule has 6 nitrogen and oxygen atoms in total. The maximum Gasteiger partial charge on any atom is 0.407 e. The van der Waals surface area contributed by atoms with E-state index < -0.39 is 12.1 Å². The van der Waals surface area contributed by atoms with Gasteiger partial charge in [-0.2, -0.15) is 0 Å². The molecule has 3 aromatic rings. The fourth-order valence-electron chi connectivity index (χ4n) is 3.32. The first-order valence-corrected chi connectivity index (χ1v) is 9.33. The van der Waals surface area contributed by atoms with E-state index in [1.165, 1.54) is 0 Å². The van der Waals surface area contributed by atoms with Gasteiger partial charge >= 0.3 is 6.09 Å². The number of para-hydroxylation sites is 1. The number of benzene rings is 2. The van der Waals surface area contributed by atoms with Crippen LogP contribution in [0.3, 0.4) is 0 Å². The van der Waals surface area contributed by atoms with Gasteiger partial charge in [0.05, 0.1) is 6.61 Å². The maximum atomic E-state index is 12.9. The molecule has 1 unspecified atom stereocenters. The smallest absolute Gasteiger partial charge is 0.407 e. The lowest BCUT2D eigenvalue weighted by molar-refractivity contribution is -0.118. The van der Waals surface area contributed by atoms with E-state index in [9.17, 15) is 9.59 Å². The summed E-state index contributed by atoms with van der Waals surface area (Å²) in [5, 5.41) is 6.62. The lowest BCUT2D eigenvalue weighted by Crippen LogP contribution is -2.45. The average molecular weight is 379 g/mol. The first-order chi connectivity index (χ1) is 13.5. The summed E-state index contributed by atoms with van der Waals surface area (Å²) >= 11 is 0. The van der Waals surface area contributed by atoms with E-state index in [0.29, 0.717) is 12.1 Å². The third-order valence-electron chi connectivity index (χ3n) is 4.47. The van der Waals surface area contributed by atoms with Gasteiger partial charge in [-0.3, -0.25) is 4.79 Å². The Morgan fingerprint density at radius 2 is 1.82 bits per heavy atom. The number of nitrogens with one attached hydrogen (secondary N) is 3. The Morgan fingerprint density at radius 3 is 2.54 bits per heavy atom. The minimum Gasteiger partial charge on any atom is -0.450 e. The van der Waals surface area contributed by atoms with Crippen LogP contribution >= 0.6 is 0 Å². The Balaban J connectivity index is 1.83. The number of amides is 2. The van der Waals surface area contributed by atoms with Crippen LogP contribution in [-0.2, 0) is 16.0 Å². The summed E-state index contributed by atoms with van der Waals surface area (Å²) in [7, 11) is 0. The van der Waals surface area contributed by atoms with Crippen molar-refractivity contribution in [1.82, 2.24) is 10.3 Å². The second-order valence-corrected chi connectivity index (χ2v) is 6.85. The number of anilines is 1. The number of H-pyrrole nitrogens is 1. The second-order valence-electron chi connectivity index (χ2n) is 6.85. The zero-order valence-electron chi connectivity index (χ0n) is 16.3. The number of carbonyl (C=O) groups is 2. The van der Waals surface area contributed by atoms with Crippen molar-refractivity contribution in [2.24, 2.45) is 0 Å².